The molecule has 3 aromatic carbocycles. The second-order valence-corrected chi connectivity index (χ2v) is 9.94. The van der Waals surface area contributed by atoms with Crippen molar-refractivity contribution in [2.45, 2.75) is 38.0 Å². The molecule has 1 fully saturated rings. The van der Waals surface area contributed by atoms with Gasteiger partial charge in [0.2, 0.25) is 5.91 Å². The zero-order valence-electron chi connectivity index (χ0n) is 21.4. The van der Waals surface area contributed by atoms with Crippen LogP contribution in [0.15, 0.2) is 84.0 Å². The number of nitrogens with one attached hydrogen (secondary N) is 1. The number of Topliss-reactive ketones (excluding diaryl/α,β-unsaturated/α-hetero) is 1. The third kappa shape index (κ3) is 5.80. The van der Waals surface area contributed by atoms with E-state index < -0.39 is 30.2 Å². The molecule has 39 heavy (non-hydrogen) atoms. The van der Waals surface area contributed by atoms with Gasteiger partial charge in [0.25, 0.3) is 5.91 Å². The number of carboxylic acids is 1. The molecule has 1 unspecified atom stereocenters. The Kier molecular flexibility index (Phi) is 7.63. The van der Waals surface area contributed by atoms with E-state index in [1.165, 1.54) is 18.2 Å². The number of ketones is 1. The Hall–Kier alpha value is -4.59. The Bertz CT molecular complexity index is 1440. The maximum absolute atomic E-state index is 14.0. The fraction of sp³-hybridized carbons (Fsp3) is 0.258. The van der Waals surface area contributed by atoms with E-state index in [1.807, 2.05) is 54.6 Å². The topological polar surface area (TPSA) is 116 Å². The van der Waals surface area contributed by atoms with Crippen molar-refractivity contribution in [3.63, 3.8) is 0 Å². The van der Waals surface area contributed by atoms with Crippen molar-refractivity contribution in [2.24, 2.45) is 11.0 Å². The molecule has 8 heteroatoms. The molecule has 3 aromatic rings. The third-order valence-corrected chi connectivity index (χ3v) is 7.31. The Morgan fingerprint density at radius 2 is 1.64 bits per heavy atom. The van der Waals surface area contributed by atoms with Gasteiger partial charge in [0.05, 0.1) is 17.2 Å². The molecule has 1 aliphatic heterocycles. The van der Waals surface area contributed by atoms with Crippen LogP contribution in [0.25, 0.3) is 0 Å². The van der Waals surface area contributed by atoms with Crippen molar-refractivity contribution < 1.29 is 24.3 Å². The first-order valence-electron chi connectivity index (χ1n) is 13.1. The number of carboxylic acid groups (broad SMARTS) is 1. The molecule has 0 aromatic heterocycles. The van der Waals surface area contributed by atoms with Crippen LogP contribution in [0, 0.1) is 5.92 Å². The minimum atomic E-state index is -1.11. The summed E-state index contributed by atoms with van der Waals surface area (Å²) in [5, 5.41) is 17.8. The summed E-state index contributed by atoms with van der Waals surface area (Å²) < 4.78 is 0. The van der Waals surface area contributed by atoms with Gasteiger partial charge in [-0.05, 0) is 36.6 Å². The van der Waals surface area contributed by atoms with Crippen LogP contribution in [0.3, 0.4) is 0 Å². The Morgan fingerprint density at radius 1 is 0.923 bits per heavy atom. The number of hydrogen-bond acceptors (Lipinski definition) is 5. The molecule has 0 bridgehead atoms. The molecule has 2 amide bonds. The molecular weight excluding hydrogens is 494 g/mol. The fourth-order valence-corrected chi connectivity index (χ4v) is 5.36. The largest absolute Gasteiger partial charge is 0.478 e. The highest BCUT2D eigenvalue weighted by Gasteiger charge is 2.36. The summed E-state index contributed by atoms with van der Waals surface area (Å²) in [5.74, 6) is -2.82. The Morgan fingerprint density at radius 3 is 2.38 bits per heavy atom. The number of carbonyl (C=O) groups is 4. The van der Waals surface area contributed by atoms with Gasteiger partial charge < -0.3 is 10.4 Å². The van der Waals surface area contributed by atoms with E-state index in [9.17, 15) is 24.3 Å². The number of hydrogen-bond donors (Lipinski definition) is 2. The van der Waals surface area contributed by atoms with Crippen molar-refractivity contribution in [3.05, 3.63) is 101 Å². The van der Waals surface area contributed by atoms with Gasteiger partial charge in [-0.25, -0.2) is 9.80 Å². The van der Waals surface area contributed by atoms with Gasteiger partial charge in [0, 0.05) is 29.2 Å². The minimum absolute atomic E-state index is 0.0315. The smallest absolute Gasteiger partial charge is 0.335 e. The Labute approximate surface area is 226 Å². The van der Waals surface area contributed by atoms with Gasteiger partial charge in [-0.3, -0.25) is 14.4 Å². The van der Waals surface area contributed by atoms with Crippen LogP contribution in [0.2, 0.25) is 0 Å². The SMILES string of the molecule is O=C(CN1N=C(c2ccccc2)c2ccccc2C(CC(=O)C2CCCC2)C1=O)Nc1cccc(C(=O)O)c1. The first-order valence-corrected chi connectivity index (χ1v) is 13.1. The maximum atomic E-state index is 14.0. The summed E-state index contributed by atoms with van der Waals surface area (Å²) in [5.41, 5.74) is 3.11. The van der Waals surface area contributed by atoms with Crippen LogP contribution in [0.5, 0.6) is 0 Å². The number of rotatable bonds is 8. The quantitative estimate of drug-likeness (QED) is 0.438. The van der Waals surface area contributed by atoms with Crippen LogP contribution < -0.4 is 5.32 Å². The minimum Gasteiger partial charge on any atom is -0.478 e. The van der Waals surface area contributed by atoms with E-state index in [4.69, 9.17) is 0 Å². The normalized spacial score (nSPS) is 17.2. The molecule has 2 N–H and O–H groups in total. The second-order valence-electron chi connectivity index (χ2n) is 9.94. The number of hydrazone groups is 1. The lowest BCUT2D eigenvalue weighted by molar-refractivity contribution is -0.137. The van der Waals surface area contributed by atoms with Crippen molar-refractivity contribution in [1.29, 1.82) is 0 Å². The zero-order chi connectivity index (χ0) is 27.4. The molecule has 1 heterocycles. The summed E-state index contributed by atoms with van der Waals surface area (Å²) in [6, 6.07) is 22.8. The van der Waals surface area contributed by atoms with Crippen molar-refractivity contribution in [2.75, 3.05) is 11.9 Å². The molecule has 8 nitrogen and oxygen atoms in total. The van der Waals surface area contributed by atoms with Gasteiger partial charge >= 0.3 is 5.97 Å². The number of amides is 2. The van der Waals surface area contributed by atoms with E-state index >= 15 is 0 Å². The van der Waals surface area contributed by atoms with Gasteiger partial charge in [0.1, 0.15) is 12.3 Å². The summed E-state index contributed by atoms with van der Waals surface area (Å²) in [4.78, 5) is 51.6. The molecule has 0 spiro atoms. The van der Waals surface area contributed by atoms with Gasteiger partial charge in [-0.1, -0.05) is 73.5 Å². The zero-order valence-corrected chi connectivity index (χ0v) is 21.4. The van der Waals surface area contributed by atoms with Crippen molar-refractivity contribution in [3.8, 4) is 0 Å². The van der Waals surface area contributed by atoms with E-state index in [-0.39, 0.29) is 23.7 Å². The lowest BCUT2D eigenvalue weighted by Crippen LogP contribution is -2.37. The van der Waals surface area contributed by atoms with Crippen LogP contribution in [0.1, 0.15) is 65.1 Å². The summed E-state index contributed by atoms with van der Waals surface area (Å²) in [6.45, 7) is -0.394. The van der Waals surface area contributed by atoms with E-state index in [0.29, 0.717) is 17.0 Å². The molecule has 2 aliphatic rings. The first-order chi connectivity index (χ1) is 18.9. The fourth-order valence-electron chi connectivity index (χ4n) is 5.36. The summed E-state index contributed by atoms with van der Waals surface area (Å²) >= 11 is 0. The van der Waals surface area contributed by atoms with Crippen LogP contribution in [0.4, 0.5) is 5.69 Å². The molecule has 1 atom stereocenters. The number of carbonyl (C=O) groups excluding carboxylic acids is 3. The predicted octanol–water partition coefficient (Wildman–Crippen LogP) is 4.85. The number of nitrogens with zero attached hydrogens (tertiary/aromatic N) is 2. The highest BCUT2D eigenvalue weighted by Crippen LogP contribution is 2.35. The lowest BCUT2D eigenvalue weighted by atomic mass is 9.84. The maximum Gasteiger partial charge on any atom is 0.335 e. The van der Waals surface area contributed by atoms with Crippen LogP contribution >= 0.6 is 0 Å². The van der Waals surface area contributed by atoms with E-state index in [0.717, 1.165) is 41.8 Å². The van der Waals surface area contributed by atoms with E-state index in [1.54, 1.807) is 6.07 Å². The van der Waals surface area contributed by atoms with E-state index in [2.05, 4.69) is 10.4 Å². The molecule has 0 radical (unpaired) electrons. The second kappa shape index (κ2) is 11.4. The van der Waals surface area contributed by atoms with Gasteiger partial charge in [0.15, 0.2) is 0 Å². The molecule has 1 aliphatic carbocycles. The van der Waals surface area contributed by atoms with Gasteiger partial charge in [-0.2, -0.15) is 5.10 Å². The van der Waals surface area contributed by atoms with Crippen LogP contribution in [-0.4, -0.2) is 45.9 Å². The molecule has 0 saturated heterocycles. The summed E-state index contributed by atoms with van der Waals surface area (Å²) in [7, 11) is 0. The number of fused-ring (bicyclic) bond motifs is 1. The summed E-state index contributed by atoms with van der Waals surface area (Å²) in [6.07, 6.45) is 3.77. The molecule has 198 valence electrons. The average molecular weight is 524 g/mol. The molecule has 1 saturated carbocycles. The number of anilines is 1. The molecule has 5 rings (SSSR count). The molecular formula is C31H29N3O5. The number of aromatic carboxylic acids is 1. The standard InChI is InChI=1S/C31H29N3O5/c35-27(20-9-4-5-10-20)18-26-24-15-6-7-16-25(24)29(21-11-2-1-3-12-21)33-34(30(26)37)19-28(36)32-23-14-8-13-22(17-23)31(38)39/h1-3,6-8,11-17,20,26H,4-5,9-10,18-19H2,(H,32,36)(H,38,39). The lowest BCUT2D eigenvalue weighted by Gasteiger charge is -2.22. The third-order valence-electron chi connectivity index (χ3n) is 7.31. The number of benzene rings is 3. The van der Waals surface area contributed by atoms with Crippen molar-refractivity contribution >= 4 is 35.0 Å². The highest BCUT2D eigenvalue weighted by molar-refractivity contribution is 6.16. The highest BCUT2D eigenvalue weighted by atomic mass is 16.4. The van der Waals surface area contributed by atoms with Crippen molar-refractivity contribution in [1.82, 2.24) is 5.01 Å². The average Bonchev–Trinajstić information content (AvgIpc) is 3.46. The Balaban J connectivity index is 1.49. The monoisotopic (exact) mass is 523 g/mol. The van der Waals surface area contributed by atoms with Gasteiger partial charge in [-0.15, -0.1) is 0 Å². The van der Waals surface area contributed by atoms with Crippen LogP contribution in [-0.2, 0) is 14.4 Å². The predicted molar refractivity (Wildman–Crippen MR) is 147 cm³/mol. The first kappa shape index (κ1) is 26.0.